The van der Waals surface area contributed by atoms with Crippen molar-refractivity contribution in [3.8, 4) is 0 Å². The lowest BCUT2D eigenvalue weighted by Crippen LogP contribution is -2.39. The Morgan fingerprint density at radius 3 is 2.00 bits per heavy atom. The van der Waals surface area contributed by atoms with Crippen molar-refractivity contribution in [1.82, 2.24) is 4.90 Å². The molecule has 0 aromatic rings. The summed E-state index contributed by atoms with van der Waals surface area (Å²) in [6.45, 7) is 6.50. The van der Waals surface area contributed by atoms with Crippen LogP contribution < -0.4 is 0 Å². The summed E-state index contributed by atoms with van der Waals surface area (Å²) in [5, 5.41) is 9.77. The Labute approximate surface area is 82.9 Å². The highest BCUT2D eigenvalue weighted by atomic mass is 16.3. The minimum absolute atomic E-state index is 0.249. The molecule has 0 fully saturated rings. The molecule has 13 heavy (non-hydrogen) atoms. The lowest BCUT2D eigenvalue weighted by molar-refractivity contribution is -0.0154. The number of aliphatic hydroxyl groups excluding tert-OH is 1. The summed E-state index contributed by atoms with van der Waals surface area (Å²) < 4.78 is 0. The van der Waals surface area contributed by atoms with E-state index in [2.05, 4.69) is 25.7 Å². The zero-order valence-corrected chi connectivity index (χ0v) is 9.58. The van der Waals surface area contributed by atoms with Crippen molar-refractivity contribution in [2.45, 2.75) is 65.1 Å². The zero-order chi connectivity index (χ0) is 10.3. The van der Waals surface area contributed by atoms with Crippen LogP contribution in [-0.4, -0.2) is 29.3 Å². The number of rotatable bonds is 7. The highest BCUT2D eigenvalue weighted by Crippen LogP contribution is 2.13. The summed E-state index contributed by atoms with van der Waals surface area (Å²) >= 11 is 0. The predicted molar refractivity (Wildman–Crippen MR) is 57.7 cm³/mol. The van der Waals surface area contributed by atoms with E-state index in [-0.39, 0.29) is 6.23 Å². The van der Waals surface area contributed by atoms with Gasteiger partial charge in [-0.3, -0.25) is 4.90 Å². The molecule has 0 aliphatic rings. The van der Waals surface area contributed by atoms with Crippen molar-refractivity contribution >= 4 is 0 Å². The van der Waals surface area contributed by atoms with E-state index in [1.807, 2.05) is 7.05 Å². The molecule has 0 aromatic heterocycles. The molecular formula is C11H25NO. The third-order valence-electron chi connectivity index (χ3n) is 2.69. The van der Waals surface area contributed by atoms with Crippen molar-refractivity contribution in [3.63, 3.8) is 0 Å². The fourth-order valence-electron chi connectivity index (χ4n) is 1.73. The molecular weight excluding hydrogens is 162 g/mol. The molecule has 0 amide bonds. The molecule has 0 saturated heterocycles. The van der Waals surface area contributed by atoms with Crippen LogP contribution in [0.25, 0.3) is 0 Å². The van der Waals surface area contributed by atoms with Crippen LogP contribution in [0.2, 0.25) is 0 Å². The minimum Gasteiger partial charge on any atom is -0.378 e. The van der Waals surface area contributed by atoms with Gasteiger partial charge in [-0.15, -0.1) is 0 Å². The quantitative estimate of drug-likeness (QED) is 0.619. The second-order valence-corrected chi connectivity index (χ2v) is 3.79. The topological polar surface area (TPSA) is 23.5 Å². The first-order valence-electron chi connectivity index (χ1n) is 5.57. The van der Waals surface area contributed by atoms with Crippen LogP contribution in [0.1, 0.15) is 52.9 Å². The van der Waals surface area contributed by atoms with Gasteiger partial charge >= 0.3 is 0 Å². The molecule has 0 rings (SSSR count). The molecule has 0 bridgehead atoms. The van der Waals surface area contributed by atoms with Gasteiger partial charge in [-0.05, 0) is 26.3 Å². The second kappa shape index (κ2) is 7.34. The number of aliphatic hydroxyl groups is 1. The van der Waals surface area contributed by atoms with E-state index in [4.69, 9.17) is 0 Å². The van der Waals surface area contributed by atoms with Gasteiger partial charge in [-0.2, -0.15) is 0 Å². The maximum absolute atomic E-state index is 9.77. The van der Waals surface area contributed by atoms with Crippen LogP contribution in [0.5, 0.6) is 0 Å². The summed E-state index contributed by atoms with van der Waals surface area (Å²) in [6, 6.07) is 0.548. The Hall–Kier alpha value is -0.0800. The molecule has 0 aliphatic heterocycles. The fraction of sp³-hybridized carbons (Fsp3) is 1.00. The largest absolute Gasteiger partial charge is 0.378 e. The molecule has 2 atom stereocenters. The first-order chi connectivity index (χ1) is 6.17. The maximum atomic E-state index is 9.77. The first-order valence-corrected chi connectivity index (χ1v) is 5.57. The number of nitrogens with zero attached hydrogens (tertiary/aromatic N) is 1. The van der Waals surface area contributed by atoms with Gasteiger partial charge in [-0.25, -0.2) is 0 Å². The molecule has 0 saturated carbocycles. The average molecular weight is 187 g/mol. The maximum Gasteiger partial charge on any atom is 0.107 e. The van der Waals surface area contributed by atoms with Crippen molar-refractivity contribution in [3.05, 3.63) is 0 Å². The highest BCUT2D eigenvalue weighted by molar-refractivity contribution is 4.68. The third kappa shape index (κ3) is 4.63. The monoisotopic (exact) mass is 187 g/mol. The Morgan fingerprint density at radius 1 is 1.08 bits per heavy atom. The number of hydrogen-bond acceptors (Lipinski definition) is 2. The highest BCUT2D eigenvalue weighted by Gasteiger charge is 2.17. The first kappa shape index (κ1) is 12.9. The van der Waals surface area contributed by atoms with Gasteiger partial charge in [-0.1, -0.05) is 33.6 Å². The Morgan fingerprint density at radius 2 is 1.62 bits per heavy atom. The van der Waals surface area contributed by atoms with Crippen LogP contribution >= 0.6 is 0 Å². The Balaban J connectivity index is 3.94. The molecule has 0 aliphatic carbocycles. The summed E-state index contributed by atoms with van der Waals surface area (Å²) in [4.78, 5) is 2.12. The lowest BCUT2D eigenvalue weighted by atomic mass is 10.1. The van der Waals surface area contributed by atoms with Gasteiger partial charge < -0.3 is 5.11 Å². The lowest BCUT2D eigenvalue weighted by Gasteiger charge is -2.31. The fourth-order valence-corrected chi connectivity index (χ4v) is 1.73. The smallest absolute Gasteiger partial charge is 0.107 e. The second-order valence-electron chi connectivity index (χ2n) is 3.79. The van der Waals surface area contributed by atoms with E-state index in [1.165, 1.54) is 12.8 Å². The van der Waals surface area contributed by atoms with E-state index in [0.29, 0.717) is 6.04 Å². The zero-order valence-electron chi connectivity index (χ0n) is 9.58. The molecule has 0 heterocycles. The van der Waals surface area contributed by atoms with Gasteiger partial charge in [0.05, 0.1) is 0 Å². The van der Waals surface area contributed by atoms with Crippen molar-refractivity contribution < 1.29 is 5.11 Å². The average Bonchev–Trinajstić information content (AvgIpc) is 2.13. The number of hydrogen-bond donors (Lipinski definition) is 1. The van der Waals surface area contributed by atoms with E-state index in [9.17, 15) is 5.11 Å². The molecule has 1 N–H and O–H groups in total. The van der Waals surface area contributed by atoms with Gasteiger partial charge in [0.15, 0.2) is 0 Å². The molecule has 0 aromatic carbocycles. The van der Waals surface area contributed by atoms with Crippen LogP contribution in [0.4, 0.5) is 0 Å². The van der Waals surface area contributed by atoms with Crippen LogP contribution in [-0.2, 0) is 0 Å². The summed E-state index contributed by atoms with van der Waals surface area (Å²) in [7, 11) is 2.03. The van der Waals surface area contributed by atoms with E-state index < -0.39 is 0 Å². The predicted octanol–water partition coefficient (Wildman–Crippen LogP) is 2.62. The summed E-state index contributed by atoms with van der Waals surface area (Å²) in [6.07, 6.45) is 5.20. The molecule has 80 valence electrons. The third-order valence-corrected chi connectivity index (χ3v) is 2.69. The normalized spacial score (nSPS) is 16.2. The molecule has 0 radical (unpaired) electrons. The van der Waals surface area contributed by atoms with E-state index in [0.717, 1.165) is 19.3 Å². The molecule has 2 nitrogen and oxygen atoms in total. The Kier molecular flexibility index (Phi) is 7.29. The minimum atomic E-state index is -0.249. The van der Waals surface area contributed by atoms with Crippen LogP contribution in [0.15, 0.2) is 0 Å². The van der Waals surface area contributed by atoms with Crippen LogP contribution in [0.3, 0.4) is 0 Å². The van der Waals surface area contributed by atoms with Crippen LogP contribution in [0, 0.1) is 0 Å². The molecule has 0 spiro atoms. The molecule has 2 unspecified atom stereocenters. The standard InChI is InChI=1S/C11H25NO/c1-5-8-10(7-3)12(4)11(13)9-6-2/h10-11,13H,5-9H2,1-4H3. The van der Waals surface area contributed by atoms with Crippen molar-refractivity contribution in [2.24, 2.45) is 0 Å². The SMILES string of the molecule is CCCC(O)N(C)C(CC)CCC. The Bertz CT molecular complexity index is 117. The molecule has 2 heteroatoms. The van der Waals surface area contributed by atoms with E-state index in [1.54, 1.807) is 0 Å². The summed E-state index contributed by atoms with van der Waals surface area (Å²) in [5.41, 5.74) is 0. The van der Waals surface area contributed by atoms with Crippen molar-refractivity contribution in [1.29, 1.82) is 0 Å². The van der Waals surface area contributed by atoms with Crippen molar-refractivity contribution in [2.75, 3.05) is 7.05 Å². The van der Waals surface area contributed by atoms with Gasteiger partial charge in [0.1, 0.15) is 6.23 Å². The van der Waals surface area contributed by atoms with Gasteiger partial charge in [0, 0.05) is 6.04 Å². The van der Waals surface area contributed by atoms with Gasteiger partial charge in [0.25, 0.3) is 0 Å². The summed E-state index contributed by atoms with van der Waals surface area (Å²) in [5.74, 6) is 0. The van der Waals surface area contributed by atoms with E-state index >= 15 is 0 Å². The van der Waals surface area contributed by atoms with Gasteiger partial charge in [0.2, 0.25) is 0 Å².